The van der Waals surface area contributed by atoms with E-state index in [1.807, 2.05) is 13.8 Å². The van der Waals surface area contributed by atoms with Crippen LogP contribution in [0.25, 0.3) is 0 Å². The van der Waals surface area contributed by atoms with Crippen LogP contribution in [-0.4, -0.2) is 26.2 Å². The van der Waals surface area contributed by atoms with Crippen molar-refractivity contribution >= 4 is 11.9 Å². The van der Waals surface area contributed by atoms with Crippen molar-refractivity contribution in [1.29, 1.82) is 0 Å². The van der Waals surface area contributed by atoms with Crippen LogP contribution in [-0.2, 0) is 19.1 Å². The average molecular weight is 248 g/mol. The predicted molar refractivity (Wildman–Crippen MR) is 65.7 cm³/mol. The number of hydrogen-bond donors (Lipinski definition) is 0. The number of allylic oxidation sites excluding steroid dienone is 4. The molecule has 0 aromatic heterocycles. The first-order chi connectivity index (χ1) is 8.52. The summed E-state index contributed by atoms with van der Waals surface area (Å²) in [6.45, 7) is 3.96. The van der Waals surface area contributed by atoms with Crippen LogP contribution in [0.1, 0.15) is 26.7 Å². The first-order valence-corrected chi connectivity index (χ1v) is 5.84. The molecule has 0 heterocycles. The molecule has 2 aliphatic carbocycles. The van der Waals surface area contributed by atoms with Crippen molar-refractivity contribution in [2.75, 3.05) is 14.2 Å². The minimum absolute atomic E-state index is 0.391. The third kappa shape index (κ3) is 1.60. The summed E-state index contributed by atoms with van der Waals surface area (Å²) >= 11 is 0. The molecule has 0 aliphatic heterocycles. The summed E-state index contributed by atoms with van der Waals surface area (Å²) in [6.07, 6.45) is 1.58. The van der Waals surface area contributed by atoms with Gasteiger partial charge in [0.2, 0.25) is 0 Å². The third-order valence-corrected chi connectivity index (χ3v) is 3.36. The summed E-state index contributed by atoms with van der Waals surface area (Å²) in [6, 6.07) is 0. The molecule has 2 rings (SSSR count). The van der Waals surface area contributed by atoms with Gasteiger partial charge in [-0.3, -0.25) is 0 Å². The van der Waals surface area contributed by atoms with Crippen LogP contribution in [0.4, 0.5) is 0 Å². The standard InChI is InChI=1S/C14H16O4/c1-7(2)10-8-5-6-9(10)12(14(16)18-4)11(8)13(15)17-3/h5-6H2,1-4H3. The van der Waals surface area contributed by atoms with Crippen molar-refractivity contribution in [2.45, 2.75) is 26.7 Å². The first-order valence-electron chi connectivity index (χ1n) is 5.84. The van der Waals surface area contributed by atoms with E-state index < -0.39 is 11.9 Å². The van der Waals surface area contributed by atoms with Crippen LogP contribution in [0.3, 0.4) is 0 Å². The van der Waals surface area contributed by atoms with E-state index in [2.05, 4.69) is 0 Å². The number of esters is 2. The van der Waals surface area contributed by atoms with E-state index in [0.717, 1.165) is 35.1 Å². The van der Waals surface area contributed by atoms with E-state index in [9.17, 15) is 9.59 Å². The fourth-order valence-corrected chi connectivity index (χ4v) is 2.74. The van der Waals surface area contributed by atoms with Crippen molar-refractivity contribution < 1.29 is 19.1 Å². The number of rotatable bonds is 2. The number of carbonyl (C=O) groups is 2. The van der Waals surface area contributed by atoms with Crippen LogP contribution in [0.5, 0.6) is 0 Å². The van der Waals surface area contributed by atoms with Gasteiger partial charge in [0.1, 0.15) is 0 Å². The second kappa shape index (κ2) is 4.44. The van der Waals surface area contributed by atoms with Crippen LogP contribution in [0, 0.1) is 0 Å². The lowest BCUT2D eigenvalue weighted by molar-refractivity contribution is -0.139. The Labute approximate surface area is 106 Å². The molecule has 0 saturated heterocycles. The van der Waals surface area contributed by atoms with Gasteiger partial charge in [0.25, 0.3) is 0 Å². The van der Waals surface area contributed by atoms with Gasteiger partial charge in [-0.15, -0.1) is 0 Å². The Morgan fingerprint density at radius 2 is 1.28 bits per heavy atom. The lowest BCUT2D eigenvalue weighted by Gasteiger charge is -2.10. The molecule has 1 fully saturated rings. The topological polar surface area (TPSA) is 52.6 Å². The van der Waals surface area contributed by atoms with Crippen molar-refractivity contribution in [2.24, 2.45) is 0 Å². The van der Waals surface area contributed by atoms with Crippen molar-refractivity contribution in [3.63, 3.8) is 0 Å². The number of methoxy groups -OCH3 is 2. The molecule has 0 aromatic carbocycles. The number of fused-ring (bicyclic) bond motifs is 2. The molecule has 96 valence electrons. The molecule has 2 aliphatic rings. The Morgan fingerprint density at radius 1 is 0.889 bits per heavy atom. The van der Waals surface area contributed by atoms with Gasteiger partial charge in [0, 0.05) is 0 Å². The number of carbonyl (C=O) groups excluding carboxylic acids is 2. The van der Waals surface area contributed by atoms with Gasteiger partial charge < -0.3 is 9.47 Å². The molecule has 0 N–H and O–H groups in total. The maximum atomic E-state index is 11.9. The Morgan fingerprint density at radius 3 is 1.56 bits per heavy atom. The minimum Gasteiger partial charge on any atom is -0.465 e. The van der Waals surface area contributed by atoms with Crippen LogP contribution in [0.2, 0.25) is 0 Å². The summed E-state index contributed by atoms with van der Waals surface area (Å²) in [5, 5.41) is 0. The molecule has 0 unspecified atom stereocenters. The molecular formula is C14H16O4. The monoisotopic (exact) mass is 248 g/mol. The Balaban J connectivity index is 2.66. The highest BCUT2D eigenvalue weighted by Crippen LogP contribution is 2.49. The normalized spacial score (nSPS) is 17.4. The number of hydrogen-bond acceptors (Lipinski definition) is 4. The second-order valence-corrected chi connectivity index (χ2v) is 4.57. The summed E-state index contributed by atoms with van der Waals surface area (Å²) in [4.78, 5) is 23.7. The van der Waals surface area contributed by atoms with Gasteiger partial charge in [0.15, 0.2) is 0 Å². The van der Waals surface area contributed by atoms with Crippen molar-refractivity contribution in [3.8, 4) is 0 Å². The van der Waals surface area contributed by atoms with Gasteiger partial charge in [-0.1, -0.05) is 5.57 Å². The smallest absolute Gasteiger partial charge is 0.339 e. The molecule has 0 radical (unpaired) electrons. The lowest BCUT2D eigenvalue weighted by atomic mass is 9.98. The maximum absolute atomic E-state index is 11.9. The van der Waals surface area contributed by atoms with Gasteiger partial charge in [0.05, 0.1) is 25.4 Å². The predicted octanol–water partition coefficient (Wildman–Crippen LogP) is 2.07. The highest BCUT2D eigenvalue weighted by Gasteiger charge is 2.41. The molecule has 4 nitrogen and oxygen atoms in total. The van der Waals surface area contributed by atoms with Crippen molar-refractivity contribution in [3.05, 3.63) is 33.4 Å². The van der Waals surface area contributed by atoms with Crippen LogP contribution in [0.15, 0.2) is 33.4 Å². The zero-order valence-electron chi connectivity index (χ0n) is 11.0. The first kappa shape index (κ1) is 12.6. The average Bonchev–Trinajstić information content (AvgIpc) is 2.91. The molecule has 0 spiro atoms. The van der Waals surface area contributed by atoms with E-state index in [1.165, 1.54) is 14.2 Å². The molecular weight excluding hydrogens is 232 g/mol. The van der Waals surface area contributed by atoms with Gasteiger partial charge in [-0.2, -0.15) is 0 Å². The number of ether oxygens (including phenoxy) is 2. The third-order valence-electron chi connectivity index (χ3n) is 3.36. The highest BCUT2D eigenvalue weighted by molar-refractivity contribution is 6.12. The fraction of sp³-hybridized carbons (Fsp3) is 0.429. The van der Waals surface area contributed by atoms with E-state index >= 15 is 0 Å². The highest BCUT2D eigenvalue weighted by atomic mass is 16.5. The van der Waals surface area contributed by atoms with Crippen LogP contribution < -0.4 is 0 Å². The summed E-state index contributed by atoms with van der Waals surface area (Å²) in [5.41, 5.74) is 4.78. The maximum Gasteiger partial charge on any atom is 0.339 e. The summed E-state index contributed by atoms with van der Waals surface area (Å²) in [5.74, 6) is -0.919. The molecule has 0 aromatic rings. The van der Waals surface area contributed by atoms with Crippen molar-refractivity contribution in [1.82, 2.24) is 0 Å². The summed E-state index contributed by atoms with van der Waals surface area (Å²) < 4.78 is 9.56. The molecule has 4 heteroatoms. The SMILES string of the molecule is COC(=O)C1=C2CCC(=C1C(=O)OC)C2=C(C)C. The van der Waals surface area contributed by atoms with E-state index in [1.54, 1.807) is 0 Å². The van der Waals surface area contributed by atoms with E-state index in [0.29, 0.717) is 11.1 Å². The van der Waals surface area contributed by atoms with E-state index in [4.69, 9.17) is 9.47 Å². The molecule has 0 atom stereocenters. The Kier molecular flexibility index (Phi) is 3.11. The Bertz CT molecular complexity index is 486. The molecule has 0 amide bonds. The van der Waals surface area contributed by atoms with Gasteiger partial charge >= 0.3 is 11.9 Å². The largest absolute Gasteiger partial charge is 0.465 e. The van der Waals surface area contributed by atoms with Gasteiger partial charge in [-0.05, 0) is 43.4 Å². The Hall–Kier alpha value is -1.84. The lowest BCUT2D eigenvalue weighted by Crippen LogP contribution is -2.16. The molecule has 18 heavy (non-hydrogen) atoms. The van der Waals surface area contributed by atoms with Gasteiger partial charge in [-0.25, -0.2) is 9.59 Å². The zero-order valence-corrected chi connectivity index (χ0v) is 11.0. The van der Waals surface area contributed by atoms with E-state index in [-0.39, 0.29) is 0 Å². The van der Waals surface area contributed by atoms with Crippen LogP contribution >= 0.6 is 0 Å². The fourth-order valence-electron chi connectivity index (χ4n) is 2.74. The molecule has 1 saturated carbocycles. The zero-order chi connectivity index (χ0) is 13.4. The second-order valence-electron chi connectivity index (χ2n) is 4.57. The summed E-state index contributed by atoms with van der Waals surface area (Å²) in [7, 11) is 2.65. The minimum atomic E-state index is -0.459. The quantitative estimate of drug-likeness (QED) is 0.702. The molecule has 2 bridgehead atoms.